The summed E-state index contributed by atoms with van der Waals surface area (Å²) >= 11 is 0. The molecule has 0 saturated carbocycles. The van der Waals surface area contributed by atoms with E-state index in [1.165, 1.54) is 6.42 Å². The van der Waals surface area contributed by atoms with Gasteiger partial charge in [0.15, 0.2) is 5.82 Å². The van der Waals surface area contributed by atoms with E-state index >= 15 is 4.39 Å². The molecule has 1 aromatic heterocycles. The van der Waals surface area contributed by atoms with Crippen LogP contribution in [0, 0.1) is 5.95 Å². The van der Waals surface area contributed by atoms with E-state index in [-0.39, 0.29) is 23.5 Å². The largest absolute Gasteiger partial charge is 0.490 e. The molecule has 9 heteroatoms. The summed E-state index contributed by atoms with van der Waals surface area (Å²) in [6.07, 6.45) is 3.72. The first-order valence-electron chi connectivity index (χ1n) is 12.9. The highest BCUT2D eigenvalue weighted by Crippen LogP contribution is 2.34. The molecule has 3 aliphatic heterocycles. The lowest BCUT2D eigenvalue weighted by atomic mass is 9.96. The summed E-state index contributed by atoms with van der Waals surface area (Å²) in [5.74, 6) is 0.0253. The van der Waals surface area contributed by atoms with Crippen molar-refractivity contribution in [1.82, 2.24) is 20.2 Å². The second-order valence-electron chi connectivity index (χ2n) is 9.86. The van der Waals surface area contributed by atoms with Gasteiger partial charge in [-0.2, -0.15) is 9.37 Å². The number of likely N-dealkylation sites (tertiary alicyclic amines) is 1. The van der Waals surface area contributed by atoms with E-state index < -0.39 is 5.95 Å². The summed E-state index contributed by atoms with van der Waals surface area (Å²) in [5.41, 5.74) is 10.6. The molecule has 2 fully saturated rings. The number of nitrogens with two attached hydrogens (primary N) is 1. The third-order valence-electron chi connectivity index (χ3n) is 7.32. The lowest BCUT2D eigenvalue weighted by Gasteiger charge is -2.32. The van der Waals surface area contributed by atoms with E-state index in [9.17, 15) is 4.79 Å². The van der Waals surface area contributed by atoms with Crippen molar-refractivity contribution in [2.75, 3.05) is 38.6 Å². The maximum Gasteiger partial charge on any atom is 0.251 e. The summed E-state index contributed by atoms with van der Waals surface area (Å²) in [6.45, 7) is 4.79. The Hall–Kier alpha value is -3.56. The SMILES string of the molecule is Nc1nc(F)c(-c2ccc(OC3CCOCC3)c(CN3CCC3)c2)nc1-c1ccc2c(c1)CCNC2=O. The number of carbonyl (C=O) groups is 1. The molecule has 192 valence electrons. The normalized spacial score (nSPS) is 18.1. The number of rotatable bonds is 6. The molecule has 2 aromatic carbocycles. The minimum atomic E-state index is -0.716. The molecule has 3 N–H and O–H groups in total. The van der Waals surface area contributed by atoms with E-state index in [1.807, 2.05) is 24.3 Å². The Balaban J connectivity index is 1.36. The number of ether oxygens (including phenoxy) is 2. The molecular weight excluding hydrogens is 473 g/mol. The molecule has 3 aliphatic rings. The van der Waals surface area contributed by atoms with Gasteiger partial charge in [0.1, 0.15) is 23.2 Å². The molecule has 0 bridgehead atoms. The summed E-state index contributed by atoms with van der Waals surface area (Å²) in [6, 6.07) is 11.1. The zero-order valence-corrected chi connectivity index (χ0v) is 20.6. The smallest absolute Gasteiger partial charge is 0.251 e. The molecular formula is C28H30FN5O3. The molecule has 0 radical (unpaired) electrons. The van der Waals surface area contributed by atoms with Crippen molar-refractivity contribution in [2.24, 2.45) is 0 Å². The third-order valence-corrected chi connectivity index (χ3v) is 7.32. The Morgan fingerprint density at radius 2 is 1.86 bits per heavy atom. The van der Waals surface area contributed by atoms with E-state index in [1.54, 1.807) is 12.1 Å². The van der Waals surface area contributed by atoms with Crippen LogP contribution in [-0.2, 0) is 17.7 Å². The van der Waals surface area contributed by atoms with Crippen molar-refractivity contribution in [3.63, 3.8) is 0 Å². The number of nitrogens with one attached hydrogen (secondary N) is 1. The Morgan fingerprint density at radius 3 is 2.65 bits per heavy atom. The standard InChI is InChI=1S/C28H30FN5O3/c29-26-24(32-25(27(30)33-26)19-2-4-22-17(14-19)6-9-31-28(22)35)18-3-5-23(37-21-7-12-36-13-8-21)20(15-18)16-34-10-1-11-34/h2-5,14-15,21H,1,6-13,16H2,(H2,30,33)(H,31,35). The summed E-state index contributed by atoms with van der Waals surface area (Å²) in [4.78, 5) is 23.1. The van der Waals surface area contributed by atoms with Crippen molar-refractivity contribution in [3.05, 3.63) is 59.0 Å². The lowest BCUT2D eigenvalue weighted by Crippen LogP contribution is -2.36. The van der Waals surface area contributed by atoms with Gasteiger partial charge in [-0.05, 0) is 61.8 Å². The van der Waals surface area contributed by atoms with Crippen LogP contribution in [0.4, 0.5) is 10.2 Å². The van der Waals surface area contributed by atoms with Crippen LogP contribution in [0.15, 0.2) is 36.4 Å². The fraction of sp³-hybridized carbons (Fsp3) is 0.393. The lowest BCUT2D eigenvalue weighted by molar-refractivity contribution is 0.0247. The number of halogens is 1. The number of anilines is 1. The number of fused-ring (bicyclic) bond motifs is 1. The van der Waals surface area contributed by atoms with Crippen LogP contribution >= 0.6 is 0 Å². The third kappa shape index (κ3) is 4.89. The fourth-order valence-corrected chi connectivity index (χ4v) is 5.12. The number of nitrogens with zero attached hydrogens (tertiary/aromatic N) is 3. The van der Waals surface area contributed by atoms with Crippen LogP contribution < -0.4 is 15.8 Å². The van der Waals surface area contributed by atoms with Crippen molar-refractivity contribution in [2.45, 2.75) is 38.3 Å². The van der Waals surface area contributed by atoms with Gasteiger partial charge in [-0.3, -0.25) is 9.69 Å². The summed E-state index contributed by atoms with van der Waals surface area (Å²) in [5, 5.41) is 2.84. The van der Waals surface area contributed by atoms with Gasteiger partial charge in [0.25, 0.3) is 5.91 Å². The number of amides is 1. The van der Waals surface area contributed by atoms with Crippen LogP contribution in [0.1, 0.15) is 40.7 Å². The zero-order chi connectivity index (χ0) is 25.4. The van der Waals surface area contributed by atoms with E-state index in [4.69, 9.17) is 15.2 Å². The molecule has 2 saturated heterocycles. The zero-order valence-electron chi connectivity index (χ0n) is 20.6. The van der Waals surface area contributed by atoms with Gasteiger partial charge in [0, 0.05) is 48.2 Å². The molecule has 0 aliphatic carbocycles. The second-order valence-corrected chi connectivity index (χ2v) is 9.86. The van der Waals surface area contributed by atoms with Crippen LogP contribution in [0.3, 0.4) is 0 Å². The van der Waals surface area contributed by atoms with Gasteiger partial charge in [-0.25, -0.2) is 4.98 Å². The van der Waals surface area contributed by atoms with Gasteiger partial charge >= 0.3 is 0 Å². The number of carbonyl (C=O) groups excluding carboxylic acids is 1. The quantitative estimate of drug-likeness (QED) is 0.530. The molecule has 4 heterocycles. The molecule has 0 unspecified atom stereocenters. The molecule has 8 nitrogen and oxygen atoms in total. The predicted octanol–water partition coefficient (Wildman–Crippen LogP) is 3.58. The van der Waals surface area contributed by atoms with Gasteiger partial charge < -0.3 is 20.5 Å². The maximum atomic E-state index is 15.1. The van der Waals surface area contributed by atoms with E-state index in [0.29, 0.717) is 48.6 Å². The van der Waals surface area contributed by atoms with Crippen LogP contribution in [0.25, 0.3) is 22.5 Å². The van der Waals surface area contributed by atoms with Gasteiger partial charge in [0.05, 0.1) is 13.2 Å². The number of aromatic nitrogens is 2. The minimum Gasteiger partial charge on any atom is -0.490 e. The summed E-state index contributed by atoms with van der Waals surface area (Å²) < 4.78 is 27.0. The van der Waals surface area contributed by atoms with Crippen molar-refractivity contribution < 1.29 is 18.7 Å². The van der Waals surface area contributed by atoms with Crippen molar-refractivity contribution in [1.29, 1.82) is 0 Å². The molecule has 3 aromatic rings. The first kappa shape index (κ1) is 23.8. The van der Waals surface area contributed by atoms with Gasteiger partial charge in [0.2, 0.25) is 5.95 Å². The number of hydrogen-bond donors (Lipinski definition) is 2. The average molecular weight is 504 g/mol. The highest BCUT2D eigenvalue weighted by molar-refractivity contribution is 5.97. The Morgan fingerprint density at radius 1 is 1.08 bits per heavy atom. The van der Waals surface area contributed by atoms with Crippen LogP contribution in [-0.4, -0.2) is 59.7 Å². The van der Waals surface area contributed by atoms with E-state index in [2.05, 4.69) is 20.2 Å². The number of nitrogen functional groups attached to an aromatic ring is 1. The highest BCUT2D eigenvalue weighted by Gasteiger charge is 2.23. The first-order chi connectivity index (χ1) is 18.0. The second kappa shape index (κ2) is 10.1. The van der Waals surface area contributed by atoms with Crippen LogP contribution in [0.5, 0.6) is 5.75 Å². The Bertz CT molecular complexity index is 1340. The number of benzene rings is 2. The van der Waals surface area contributed by atoms with Gasteiger partial charge in [-0.15, -0.1) is 0 Å². The Labute approximate surface area is 215 Å². The molecule has 37 heavy (non-hydrogen) atoms. The van der Waals surface area contributed by atoms with Crippen LogP contribution in [0.2, 0.25) is 0 Å². The van der Waals surface area contributed by atoms with E-state index in [0.717, 1.165) is 49.4 Å². The average Bonchev–Trinajstić information content (AvgIpc) is 2.88. The fourth-order valence-electron chi connectivity index (χ4n) is 5.12. The van der Waals surface area contributed by atoms with Crippen molar-refractivity contribution in [3.8, 4) is 28.3 Å². The monoisotopic (exact) mass is 503 g/mol. The topological polar surface area (TPSA) is 103 Å². The maximum absolute atomic E-state index is 15.1. The minimum absolute atomic E-state index is 0.0155. The predicted molar refractivity (Wildman–Crippen MR) is 138 cm³/mol. The molecule has 1 amide bonds. The summed E-state index contributed by atoms with van der Waals surface area (Å²) in [7, 11) is 0. The molecule has 6 rings (SSSR count). The first-order valence-corrected chi connectivity index (χ1v) is 12.9. The van der Waals surface area contributed by atoms with Gasteiger partial charge in [-0.1, -0.05) is 6.07 Å². The van der Waals surface area contributed by atoms with Crippen molar-refractivity contribution >= 4 is 11.7 Å². The highest BCUT2D eigenvalue weighted by atomic mass is 19.1. The Kier molecular flexibility index (Phi) is 6.48. The number of hydrogen-bond acceptors (Lipinski definition) is 7. The molecule has 0 atom stereocenters. The molecule has 0 spiro atoms.